The molecule has 0 fully saturated rings. The highest BCUT2D eigenvalue weighted by Crippen LogP contribution is 2.18. The second-order valence-electron chi connectivity index (χ2n) is 4.00. The van der Waals surface area contributed by atoms with Crippen molar-refractivity contribution in [3.8, 4) is 5.75 Å². The van der Waals surface area contributed by atoms with Crippen LogP contribution in [-0.2, 0) is 13.0 Å². The Labute approximate surface area is 102 Å². The van der Waals surface area contributed by atoms with Gasteiger partial charge in [0.2, 0.25) is 0 Å². The van der Waals surface area contributed by atoms with Crippen molar-refractivity contribution in [2.75, 3.05) is 7.11 Å². The molecule has 0 saturated carbocycles. The van der Waals surface area contributed by atoms with Gasteiger partial charge in [0, 0.05) is 6.54 Å². The van der Waals surface area contributed by atoms with E-state index in [2.05, 4.69) is 30.3 Å². The zero-order chi connectivity index (χ0) is 12.1. The van der Waals surface area contributed by atoms with Gasteiger partial charge >= 0.3 is 0 Å². The average molecular weight is 227 g/mol. The minimum absolute atomic E-state index is 0.583. The molecular formula is C15H17NO. The van der Waals surface area contributed by atoms with E-state index in [0.29, 0.717) is 6.54 Å². The normalized spacial score (nSPS) is 10.2. The first-order chi connectivity index (χ1) is 8.33. The van der Waals surface area contributed by atoms with Crippen molar-refractivity contribution in [3.63, 3.8) is 0 Å². The SMILES string of the molecule is COc1cccc(Cc2ccccc2CN)c1. The summed E-state index contributed by atoms with van der Waals surface area (Å²) in [5, 5.41) is 0. The Balaban J connectivity index is 2.24. The minimum atomic E-state index is 0.583. The Hall–Kier alpha value is -1.80. The molecule has 0 bridgehead atoms. The number of rotatable bonds is 4. The lowest BCUT2D eigenvalue weighted by Crippen LogP contribution is -2.01. The van der Waals surface area contributed by atoms with Crippen LogP contribution >= 0.6 is 0 Å². The highest BCUT2D eigenvalue weighted by Gasteiger charge is 2.02. The maximum atomic E-state index is 5.74. The molecule has 2 nitrogen and oxygen atoms in total. The second-order valence-corrected chi connectivity index (χ2v) is 4.00. The van der Waals surface area contributed by atoms with Gasteiger partial charge in [0.15, 0.2) is 0 Å². The minimum Gasteiger partial charge on any atom is -0.497 e. The molecule has 17 heavy (non-hydrogen) atoms. The van der Waals surface area contributed by atoms with E-state index in [9.17, 15) is 0 Å². The number of hydrogen-bond acceptors (Lipinski definition) is 2. The van der Waals surface area contributed by atoms with Gasteiger partial charge < -0.3 is 10.5 Å². The van der Waals surface area contributed by atoms with Crippen LogP contribution in [0.1, 0.15) is 16.7 Å². The summed E-state index contributed by atoms with van der Waals surface area (Å²) in [6.07, 6.45) is 0.893. The summed E-state index contributed by atoms with van der Waals surface area (Å²) in [6, 6.07) is 16.4. The number of benzene rings is 2. The zero-order valence-electron chi connectivity index (χ0n) is 10.0. The molecule has 0 heterocycles. The summed E-state index contributed by atoms with van der Waals surface area (Å²) >= 11 is 0. The van der Waals surface area contributed by atoms with Crippen LogP contribution in [0.5, 0.6) is 5.75 Å². The summed E-state index contributed by atoms with van der Waals surface area (Å²) in [7, 11) is 1.69. The van der Waals surface area contributed by atoms with Crippen molar-refractivity contribution >= 4 is 0 Å². The van der Waals surface area contributed by atoms with Gasteiger partial charge in [0.05, 0.1) is 7.11 Å². The molecule has 0 aliphatic carbocycles. The van der Waals surface area contributed by atoms with Crippen LogP contribution in [0.3, 0.4) is 0 Å². The molecule has 0 spiro atoms. The van der Waals surface area contributed by atoms with Crippen LogP contribution < -0.4 is 10.5 Å². The predicted octanol–water partition coefficient (Wildman–Crippen LogP) is 2.74. The first-order valence-electron chi connectivity index (χ1n) is 5.73. The van der Waals surface area contributed by atoms with E-state index in [0.717, 1.165) is 12.2 Å². The topological polar surface area (TPSA) is 35.2 Å². The van der Waals surface area contributed by atoms with E-state index in [1.165, 1.54) is 16.7 Å². The Morgan fingerprint density at radius 3 is 2.47 bits per heavy atom. The van der Waals surface area contributed by atoms with Gasteiger partial charge in [-0.25, -0.2) is 0 Å². The van der Waals surface area contributed by atoms with Gasteiger partial charge in [-0.15, -0.1) is 0 Å². The quantitative estimate of drug-likeness (QED) is 0.871. The maximum absolute atomic E-state index is 5.74. The van der Waals surface area contributed by atoms with Gasteiger partial charge in [0.1, 0.15) is 5.75 Å². The van der Waals surface area contributed by atoms with Crippen molar-refractivity contribution in [1.29, 1.82) is 0 Å². The fraction of sp³-hybridized carbons (Fsp3) is 0.200. The summed E-state index contributed by atoms with van der Waals surface area (Å²) in [4.78, 5) is 0. The summed E-state index contributed by atoms with van der Waals surface area (Å²) in [6.45, 7) is 0.583. The maximum Gasteiger partial charge on any atom is 0.119 e. The van der Waals surface area contributed by atoms with Crippen LogP contribution in [0, 0.1) is 0 Å². The molecule has 2 rings (SSSR count). The molecule has 2 aromatic carbocycles. The Bertz CT molecular complexity index is 494. The lowest BCUT2D eigenvalue weighted by atomic mass is 10.00. The molecule has 0 atom stereocenters. The van der Waals surface area contributed by atoms with Crippen molar-refractivity contribution in [3.05, 3.63) is 65.2 Å². The van der Waals surface area contributed by atoms with E-state index < -0.39 is 0 Å². The number of nitrogens with two attached hydrogens (primary N) is 1. The van der Waals surface area contributed by atoms with Gasteiger partial charge in [-0.3, -0.25) is 0 Å². The fourth-order valence-electron chi connectivity index (χ4n) is 1.93. The molecule has 0 aromatic heterocycles. The predicted molar refractivity (Wildman–Crippen MR) is 70.1 cm³/mol. The Morgan fingerprint density at radius 1 is 1.00 bits per heavy atom. The average Bonchev–Trinajstić information content (AvgIpc) is 2.39. The van der Waals surface area contributed by atoms with Crippen molar-refractivity contribution in [1.82, 2.24) is 0 Å². The molecule has 0 amide bonds. The summed E-state index contributed by atoms with van der Waals surface area (Å²) in [5.41, 5.74) is 9.46. The Morgan fingerprint density at radius 2 is 1.76 bits per heavy atom. The molecule has 0 aliphatic rings. The Kier molecular flexibility index (Phi) is 3.78. The monoisotopic (exact) mass is 227 g/mol. The van der Waals surface area contributed by atoms with Gasteiger partial charge in [-0.1, -0.05) is 36.4 Å². The molecule has 0 aliphatic heterocycles. The van der Waals surface area contributed by atoms with Crippen molar-refractivity contribution in [2.24, 2.45) is 5.73 Å². The van der Waals surface area contributed by atoms with Crippen molar-refractivity contribution < 1.29 is 4.74 Å². The summed E-state index contributed by atoms with van der Waals surface area (Å²) < 4.78 is 5.22. The second kappa shape index (κ2) is 5.51. The fourth-order valence-corrected chi connectivity index (χ4v) is 1.93. The molecular weight excluding hydrogens is 210 g/mol. The number of hydrogen-bond donors (Lipinski definition) is 1. The number of methoxy groups -OCH3 is 1. The van der Waals surface area contributed by atoms with Crippen LogP contribution in [0.4, 0.5) is 0 Å². The standard InChI is InChI=1S/C15H17NO/c1-17-15-8-4-5-12(10-15)9-13-6-2-3-7-14(13)11-16/h2-8,10H,9,11,16H2,1H3. The lowest BCUT2D eigenvalue weighted by Gasteiger charge is -2.08. The third kappa shape index (κ3) is 2.86. The number of ether oxygens (including phenoxy) is 1. The van der Waals surface area contributed by atoms with Gasteiger partial charge in [-0.2, -0.15) is 0 Å². The summed E-state index contributed by atoms with van der Waals surface area (Å²) in [5.74, 6) is 0.896. The first-order valence-corrected chi connectivity index (χ1v) is 5.73. The van der Waals surface area contributed by atoms with Crippen LogP contribution in [-0.4, -0.2) is 7.11 Å². The van der Waals surface area contributed by atoms with E-state index in [1.54, 1.807) is 7.11 Å². The van der Waals surface area contributed by atoms with Crippen LogP contribution in [0.2, 0.25) is 0 Å². The van der Waals surface area contributed by atoms with E-state index in [-0.39, 0.29) is 0 Å². The third-order valence-electron chi connectivity index (χ3n) is 2.87. The van der Waals surface area contributed by atoms with Crippen LogP contribution in [0.15, 0.2) is 48.5 Å². The highest BCUT2D eigenvalue weighted by molar-refractivity contribution is 5.36. The van der Waals surface area contributed by atoms with Gasteiger partial charge in [0.25, 0.3) is 0 Å². The highest BCUT2D eigenvalue weighted by atomic mass is 16.5. The zero-order valence-corrected chi connectivity index (χ0v) is 10.0. The molecule has 88 valence electrons. The van der Waals surface area contributed by atoms with E-state index in [4.69, 9.17) is 10.5 Å². The molecule has 2 heteroatoms. The molecule has 0 unspecified atom stereocenters. The van der Waals surface area contributed by atoms with Crippen molar-refractivity contribution in [2.45, 2.75) is 13.0 Å². The molecule has 0 radical (unpaired) electrons. The van der Waals surface area contributed by atoms with Gasteiger partial charge in [-0.05, 0) is 35.2 Å². The van der Waals surface area contributed by atoms with E-state index >= 15 is 0 Å². The first kappa shape index (κ1) is 11.7. The lowest BCUT2D eigenvalue weighted by molar-refractivity contribution is 0.414. The van der Waals surface area contributed by atoms with E-state index in [1.807, 2.05) is 18.2 Å². The molecule has 2 N–H and O–H groups in total. The molecule has 0 saturated heterocycles. The van der Waals surface area contributed by atoms with Crippen LogP contribution in [0.25, 0.3) is 0 Å². The third-order valence-corrected chi connectivity index (χ3v) is 2.87. The largest absolute Gasteiger partial charge is 0.497 e. The molecule has 2 aromatic rings. The smallest absolute Gasteiger partial charge is 0.119 e.